The van der Waals surface area contributed by atoms with E-state index in [-0.39, 0.29) is 0 Å². The van der Waals surface area contributed by atoms with E-state index < -0.39 is 30.7 Å². The van der Waals surface area contributed by atoms with Gasteiger partial charge in [0.15, 0.2) is 0 Å². The molecule has 2 unspecified atom stereocenters. The normalized spacial score (nSPS) is 13.2. The summed E-state index contributed by atoms with van der Waals surface area (Å²) in [5, 5.41) is 0. The fraction of sp³-hybridized carbons (Fsp3) is 0.667. The lowest BCUT2D eigenvalue weighted by atomic mass is 10.7. The van der Waals surface area contributed by atoms with Gasteiger partial charge in [-0.3, -0.25) is 9.59 Å². The summed E-state index contributed by atoms with van der Waals surface area (Å²) in [6.07, 6.45) is -3.22. The molecule has 0 amide bonds. The molecule has 0 bridgehead atoms. The highest BCUT2D eigenvalue weighted by atomic mass is 16.8. The molecule has 16 heavy (non-hydrogen) atoms. The molecule has 0 saturated heterocycles. The Kier molecular flexibility index (Phi) is 5.91. The van der Waals surface area contributed by atoms with Gasteiger partial charge in [-0.15, -0.1) is 0 Å². The second-order valence-electron chi connectivity index (χ2n) is 2.84. The van der Waals surface area contributed by atoms with E-state index in [0.29, 0.717) is 0 Å². The third-order valence-electron chi connectivity index (χ3n) is 1.19. The van der Waals surface area contributed by atoms with Crippen molar-refractivity contribution < 1.29 is 33.3 Å². The molecule has 0 radical (unpaired) electrons. The van der Waals surface area contributed by atoms with Gasteiger partial charge in [0.1, 0.15) is 0 Å². The lowest BCUT2D eigenvalue weighted by Crippen LogP contribution is -2.25. The third-order valence-corrected chi connectivity index (χ3v) is 1.19. The van der Waals surface area contributed by atoms with Gasteiger partial charge >= 0.3 is 18.1 Å². The van der Waals surface area contributed by atoms with Crippen LogP contribution >= 0.6 is 0 Å². The van der Waals surface area contributed by atoms with E-state index in [1.807, 2.05) is 0 Å². The maximum atomic E-state index is 11.0. The number of ether oxygens (including phenoxy) is 4. The van der Waals surface area contributed by atoms with Crippen molar-refractivity contribution in [2.24, 2.45) is 0 Å². The minimum atomic E-state index is -1.09. The summed E-state index contributed by atoms with van der Waals surface area (Å²) in [6, 6.07) is 0. The Balaban J connectivity index is 3.89. The maximum absolute atomic E-state index is 11.0. The number of esters is 2. The Labute approximate surface area is 92.6 Å². The van der Waals surface area contributed by atoms with Crippen molar-refractivity contribution in [2.75, 3.05) is 0 Å². The largest absolute Gasteiger partial charge is 0.514 e. The predicted molar refractivity (Wildman–Crippen MR) is 50.0 cm³/mol. The van der Waals surface area contributed by atoms with Crippen molar-refractivity contribution in [1.82, 2.24) is 0 Å². The Hall–Kier alpha value is -1.79. The Bertz CT molecular complexity index is 247. The zero-order valence-electron chi connectivity index (χ0n) is 9.51. The van der Waals surface area contributed by atoms with Crippen molar-refractivity contribution in [3.63, 3.8) is 0 Å². The SMILES string of the molecule is CC(=O)OC(C)OC(=O)OC(C)OC(C)=O. The second kappa shape index (κ2) is 6.65. The first-order chi connectivity index (χ1) is 7.31. The Morgan fingerprint density at radius 1 is 0.750 bits per heavy atom. The molecule has 0 aromatic rings. The van der Waals surface area contributed by atoms with Crippen LogP contribution < -0.4 is 0 Å². The van der Waals surface area contributed by atoms with Crippen LogP contribution in [0.25, 0.3) is 0 Å². The highest BCUT2D eigenvalue weighted by molar-refractivity contribution is 5.67. The van der Waals surface area contributed by atoms with Crippen LogP contribution in [0.1, 0.15) is 27.7 Å². The van der Waals surface area contributed by atoms with Gasteiger partial charge in [-0.05, 0) is 0 Å². The van der Waals surface area contributed by atoms with Gasteiger partial charge in [0, 0.05) is 27.7 Å². The summed E-state index contributed by atoms with van der Waals surface area (Å²) >= 11 is 0. The average Bonchev–Trinajstić information content (AvgIpc) is 1.97. The standard InChI is InChI=1S/C9H14O7/c1-5(10)13-7(3)15-9(12)16-8(4)14-6(2)11/h7-8H,1-4H3. The molecule has 0 fully saturated rings. The molecule has 2 atom stereocenters. The number of carbonyl (C=O) groups excluding carboxylic acids is 3. The van der Waals surface area contributed by atoms with Gasteiger partial charge in [0.25, 0.3) is 0 Å². The van der Waals surface area contributed by atoms with E-state index in [1.54, 1.807) is 0 Å². The van der Waals surface area contributed by atoms with Crippen LogP contribution in [0.2, 0.25) is 0 Å². The molecule has 0 aliphatic carbocycles. The third kappa shape index (κ3) is 7.60. The minimum Gasteiger partial charge on any atom is -0.426 e. The van der Waals surface area contributed by atoms with E-state index in [0.717, 1.165) is 0 Å². The molecule has 0 N–H and O–H groups in total. The van der Waals surface area contributed by atoms with Gasteiger partial charge in [0.2, 0.25) is 12.6 Å². The molecular weight excluding hydrogens is 220 g/mol. The smallest absolute Gasteiger partial charge is 0.426 e. The molecule has 92 valence electrons. The predicted octanol–water partition coefficient (Wildman–Crippen LogP) is 0.958. The number of rotatable bonds is 4. The molecule has 0 aromatic carbocycles. The topological polar surface area (TPSA) is 88.1 Å². The zero-order chi connectivity index (χ0) is 12.7. The van der Waals surface area contributed by atoms with Crippen LogP contribution in [-0.4, -0.2) is 30.7 Å². The van der Waals surface area contributed by atoms with Crippen molar-refractivity contribution in [1.29, 1.82) is 0 Å². The van der Waals surface area contributed by atoms with E-state index in [2.05, 4.69) is 18.9 Å². The lowest BCUT2D eigenvalue weighted by Gasteiger charge is -2.15. The van der Waals surface area contributed by atoms with Crippen LogP contribution in [0.15, 0.2) is 0 Å². The van der Waals surface area contributed by atoms with Gasteiger partial charge < -0.3 is 18.9 Å². The minimum absolute atomic E-state index is 0.590. The molecule has 0 aromatic heterocycles. The molecular formula is C9H14O7. The van der Waals surface area contributed by atoms with Crippen LogP contribution in [0, 0.1) is 0 Å². The van der Waals surface area contributed by atoms with Crippen molar-refractivity contribution in [2.45, 2.75) is 40.3 Å². The molecule has 7 nitrogen and oxygen atoms in total. The highest BCUT2D eigenvalue weighted by Crippen LogP contribution is 2.01. The Morgan fingerprint density at radius 3 is 1.31 bits per heavy atom. The quantitative estimate of drug-likeness (QED) is 0.528. The van der Waals surface area contributed by atoms with Crippen LogP contribution in [0.5, 0.6) is 0 Å². The van der Waals surface area contributed by atoms with Crippen molar-refractivity contribution in [3.8, 4) is 0 Å². The zero-order valence-corrected chi connectivity index (χ0v) is 9.51. The monoisotopic (exact) mass is 234 g/mol. The molecule has 0 heterocycles. The summed E-state index contributed by atoms with van der Waals surface area (Å²) in [6.45, 7) is 5.04. The average molecular weight is 234 g/mol. The first-order valence-electron chi connectivity index (χ1n) is 4.53. The van der Waals surface area contributed by atoms with Crippen molar-refractivity contribution >= 4 is 18.1 Å². The molecule has 0 aliphatic heterocycles. The van der Waals surface area contributed by atoms with E-state index in [1.165, 1.54) is 27.7 Å². The summed E-state index contributed by atoms with van der Waals surface area (Å²) in [4.78, 5) is 32.0. The van der Waals surface area contributed by atoms with Gasteiger partial charge in [0.05, 0.1) is 0 Å². The molecule has 0 rings (SSSR count). The van der Waals surface area contributed by atoms with Crippen molar-refractivity contribution in [3.05, 3.63) is 0 Å². The molecule has 0 saturated carbocycles. The Morgan fingerprint density at radius 2 is 1.06 bits per heavy atom. The van der Waals surface area contributed by atoms with Crippen LogP contribution in [-0.2, 0) is 28.5 Å². The van der Waals surface area contributed by atoms with E-state index >= 15 is 0 Å². The van der Waals surface area contributed by atoms with Gasteiger partial charge in [-0.2, -0.15) is 0 Å². The lowest BCUT2D eigenvalue weighted by molar-refractivity contribution is -0.177. The summed E-state index contributed by atoms with van der Waals surface area (Å²) in [5.41, 5.74) is 0. The molecule has 0 spiro atoms. The fourth-order valence-electron chi connectivity index (χ4n) is 0.814. The summed E-state index contributed by atoms with van der Waals surface area (Å²) in [7, 11) is 0. The number of carbonyl (C=O) groups is 3. The first kappa shape index (κ1) is 14.2. The molecule has 0 aliphatic rings. The van der Waals surface area contributed by atoms with E-state index in [4.69, 9.17) is 0 Å². The fourth-order valence-corrected chi connectivity index (χ4v) is 0.814. The van der Waals surface area contributed by atoms with Crippen LogP contribution in [0.4, 0.5) is 4.79 Å². The molecule has 7 heteroatoms. The summed E-state index contributed by atoms with van der Waals surface area (Å²) in [5.74, 6) is -1.18. The second-order valence-corrected chi connectivity index (χ2v) is 2.84. The first-order valence-corrected chi connectivity index (χ1v) is 4.53. The maximum Gasteiger partial charge on any atom is 0.514 e. The number of hydrogen-bond donors (Lipinski definition) is 0. The summed E-state index contributed by atoms with van der Waals surface area (Å²) < 4.78 is 18.1. The van der Waals surface area contributed by atoms with Gasteiger partial charge in [-0.25, -0.2) is 4.79 Å². The van der Waals surface area contributed by atoms with Crippen LogP contribution in [0.3, 0.4) is 0 Å². The van der Waals surface area contributed by atoms with Gasteiger partial charge in [-0.1, -0.05) is 0 Å². The number of hydrogen-bond acceptors (Lipinski definition) is 7. The van der Waals surface area contributed by atoms with E-state index in [9.17, 15) is 14.4 Å². The highest BCUT2D eigenvalue weighted by Gasteiger charge is 2.17.